The SMILES string of the molecule is CC1C=CC=CC1(C)OCCCCCCOC1(C)C=CC=CC1C. The maximum Gasteiger partial charge on any atom is 0.0897 e. The third-order valence-corrected chi connectivity index (χ3v) is 5.55. The number of rotatable bonds is 9. The number of hydrogen-bond acceptors (Lipinski definition) is 2. The normalized spacial score (nSPS) is 34.8. The highest BCUT2D eigenvalue weighted by Gasteiger charge is 2.29. The summed E-state index contributed by atoms with van der Waals surface area (Å²) in [4.78, 5) is 0. The van der Waals surface area contributed by atoms with Crippen LogP contribution in [-0.4, -0.2) is 24.4 Å². The van der Waals surface area contributed by atoms with Crippen molar-refractivity contribution >= 4 is 0 Å². The van der Waals surface area contributed by atoms with Gasteiger partial charge in [0.15, 0.2) is 0 Å². The Morgan fingerprint density at radius 2 is 1.08 bits per heavy atom. The first-order valence-corrected chi connectivity index (χ1v) is 9.46. The van der Waals surface area contributed by atoms with Crippen LogP contribution in [-0.2, 0) is 9.47 Å². The number of ether oxygens (including phenoxy) is 2. The van der Waals surface area contributed by atoms with Gasteiger partial charge in [0.25, 0.3) is 0 Å². The first-order chi connectivity index (χ1) is 11.5. The molecule has 4 unspecified atom stereocenters. The molecule has 0 fully saturated rings. The highest BCUT2D eigenvalue weighted by atomic mass is 16.5. The van der Waals surface area contributed by atoms with E-state index in [0.717, 1.165) is 26.1 Å². The molecule has 2 heteroatoms. The maximum absolute atomic E-state index is 6.13. The van der Waals surface area contributed by atoms with Crippen LogP contribution >= 0.6 is 0 Å². The molecule has 24 heavy (non-hydrogen) atoms. The van der Waals surface area contributed by atoms with Crippen LogP contribution in [0.25, 0.3) is 0 Å². The first kappa shape index (κ1) is 19.2. The monoisotopic (exact) mass is 330 g/mol. The van der Waals surface area contributed by atoms with Crippen molar-refractivity contribution in [2.24, 2.45) is 11.8 Å². The third-order valence-electron chi connectivity index (χ3n) is 5.55. The Labute approximate surface area is 148 Å². The van der Waals surface area contributed by atoms with Crippen LogP contribution in [0.15, 0.2) is 48.6 Å². The average Bonchev–Trinajstić information content (AvgIpc) is 2.56. The molecule has 0 amide bonds. The standard InChI is InChI=1S/C22H34O2/c1-19-13-7-9-15-21(19,3)23-17-11-5-6-12-18-24-22(4)16-10-8-14-20(22)2/h7-10,13-16,19-20H,5-6,11-12,17-18H2,1-4H3. The van der Waals surface area contributed by atoms with Gasteiger partial charge in [0.2, 0.25) is 0 Å². The highest BCUT2D eigenvalue weighted by Crippen LogP contribution is 2.29. The molecule has 0 radical (unpaired) electrons. The van der Waals surface area contributed by atoms with E-state index in [9.17, 15) is 0 Å². The quantitative estimate of drug-likeness (QED) is 0.511. The molecule has 0 aliphatic heterocycles. The summed E-state index contributed by atoms with van der Waals surface area (Å²) in [5.74, 6) is 0.882. The van der Waals surface area contributed by atoms with Crippen LogP contribution in [0.2, 0.25) is 0 Å². The molecule has 0 N–H and O–H groups in total. The summed E-state index contributed by atoms with van der Waals surface area (Å²) >= 11 is 0. The van der Waals surface area contributed by atoms with E-state index in [-0.39, 0.29) is 11.2 Å². The van der Waals surface area contributed by atoms with Crippen LogP contribution in [0.3, 0.4) is 0 Å². The van der Waals surface area contributed by atoms with Crippen LogP contribution in [0.4, 0.5) is 0 Å². The minimum absolute atomic E-state index is 0.135. The molecule has 0 aromatic heterocycles. The van der Waals surface area contributed by atoms with E-state index in [4.69, 9.17) is 9.47 Å². The highest BCUT2D eigenvalue weighted by molar-refractivity contribution is 5.20. The van der Waals surface area contributed by atoms with Gasteiger partial charge in [-0.1, -0.05) is 75.3 Å². The topological polar surface area (TPSA) is 18.5 Å². The van der Waals surface area contributed by atoms with Gasteiger partial charge in [-0.25, -0.2) is 0 Å². The van der Waals surface area contributed by atoms with Crippen molar-refractivity contribution in [2.75, 3.05) is 13.2 Å². The Morgan fingerprint density at radius 3 is 1.46 bits per heavy atom. The molecule has 0 heterocycles. The first-order valence-electron chi connectivity index (χ1n) is 9.46. The summed E-state index contributed by atoms with van der Waals surface area (Å²) in [6.07, 6.45) is 21.8. The second-order valence-electron chi connectivity index (χ2n) is 7.54. The molecule has 0 aromatic rings. The molecule has 0 aromatic carbocycles. The van der Waals surface area contributed by atoms with Gasteiger partial charge >= 0.3 is 0 Å². The Bertz CT molecular complexity index is 456. The molecular formula is C22H34O2. The van der Waals surface area contributed by atoms with Gasteiger partial charge in [0, 0.05) is 25.0 Å². The van der Waals surface area contributed by atoms with Crippen LogP contribution in [0.5, 0.6) is 0 Å². The molecule has 0 spiro atoms. The van der Waals surface area contributed by atoms with E-state index < -0.39 is 0 Å². The second-order valence-corrected chi connectivity index (χ2v) is 7.54. The second kappa shape index (κ2) is 8.82. The van der Waals surface area contributed by atoms with E-state index in [1.165, 1.54) is 12.8 Å². The van der Waals surface area contributed by atoms with Crippen molar-refractivity contribution in [3.05, 3.63) is 48.6 Å². The number of hydrogen-bond donors (Lipinski definition) is 0. The molecule has 2 aliphatic rings. The number of unbranched alkanes of at least 4 members (excludes halogenated alkanes) is 3. The molecule has 0 bridgehead atoms. The lowest BCUT2D eigenvalue weighted by atomic mass is 9.87. The Balaban J connectivity index is 1.53. The van der Waals surface area contributed by atoms with E-state index in [2.05, 4.69) is 76.3 Å². The smallest absolute Gasteiger partial charge is 0.0897 e. The van der Waals surface area contributed by atoms with Crippen molar-refractivity contribution in [1.82, 2.24) is 0 Å². The third kappa shape index (κ3) is 5.19. The zero-order chi connectivity index (χ0) is 17.5. The molecule has 0 saturated carbocycles. The summed E-state index contributed by atoms with van der Waals surface area (Å²) in [7, 11) is 0. The van der Waals surface area contributed by atoms with Crippen molar-refractivity contribution in [3.63, 3.8) is 0 Å². The summed E-state index contributed by atoms with van der Waals surface area (Å²) < 4.78 is 12.3. The summed E-state index contributed by atoms with van der Waals surface area (Å²) in [6.45, 7) is 10.5. The van der Waals surface area contributed by atoms with Crippen LogP contribution in [0.1, 0.15) is 53.4 Å². The van der Waals surface area contributed by atoms with Gasteiger partial charge in [-0.3, -0.25) is 0 Å². The molecular weight excluding hydrogens is 296 g/mol. The Hall–Kier alpha value is -1.12. The van der Waals surface area contributed by atoms with Crippen molar-refractivity contribution in [1.29, 1.82) is 0 Å². The van der Waals surface area contributed by atoms with Gasteiger partial charge in [0.1, 0.15) is 0 Å². The van der Waals surface area contributed by atoms with E-state index in [1.54, 1.807) is 0 Å². The van der Waals surface area contributed by atoms with Crippen LogP contribution < -0.4 is 0 Å². The minimum Gasteiger partial charge on any atom is -0.371 e. The summed E-state index contributed by atoms with van der Waals surface area (Å²) in [6, 6.07) is 0. The molecule has 2 aliphatic carbocycles. The lowest BCUT2D eigenvalue weighted by Gasteiger charge is -2.33. The van der Waals surface area contributed by atoms with Crippen molar-refractivity contribution < 1.29 is 9.47 Å². The Kier molecular flexibility index (Phi) is 7.06. The van der Waals surface area contributed by atoms with E-state index in [1.807, 2.05) is 0 Å². The predicted molar refractivity (Wildman–Crippen MR) is 102 cm³/mol. The minimum atomic E-state index is -0.135. The molecule has 134 valence electrons. The lowest BCUT2D eigenvalue weighted by molar-refractivity contribution is -0.0264. The van der Waals surface area contributed by atoms with Crippen molar-refractivity contribution in [2.45, 2.75) is 64.6 Å². The van der Waals surface area contributed by atoms with Gasteiger partial charge in [-0.05, 0) is 26.7 Å². The van der Waals surface area contributed by atoms with Crippen molar-refractivity contribution in [3.8, 4) is 0 Å². The fourth-order valence-corrected chi connectivity index (χ4v) is 3.14. The maximum atomic E-state index is 6.13. The van der Waals surface area contributed by atoms with Crippen LogP contribution in [0, 0.1) is 11.8 Å². The lowest BCUT2D eigenvalue weighted by Crippen LogP contribution is -2.34. The molecule has 2 rings (SSSR count). The Morgan fingerprint density at radius 1 is 0.667 bits per heavy atom. The van der Waals surface area contributed by atoms with Gasteiger partial charge < -0.3 is 9.47 Å². The number of allylic oxidation sites excluding steroid dienone is 4. The average molecular weight is 331 g/mol. The van der Waals surface area contributed by atoms with E-state index >= 15 is 0 Å². The van der Waals surface area contributed by atoms with E-state index in [0.29, 0.717) is 11.8 Å². The largest absolute Gasteiger partial charge is 0.371 e. The molecule has 0 saturated heterocycles. The molecule has 2 nitrogen and oxygen atoms in total. The summed E-state index contributed by atoms with van der Waals surface area (Å²) in [5, 5.41) is 0. The van der Waals surface area contributed by atoms with Gasteiger partial charge in [0.05, 0.1) is 11.2 Å². The summed E-state index contributed by atoms with van der Waals surface area (Å²) in [5.41, 5.74) is -0.271. The fourth-order valence-electron chi connectivity index (χ4n) is 3.14. The fraction of sp³-hybridized carbons (Fsp3) is 0.636. The zero-order valence-electron chi connectivity index (χ0n) is 15.8. The van der Waals surface area contributed by atoms with Gasteiger partial charge in [-0.15, -0.1) is 0 Å². The molecule has 4 atom stereocenters. The zero-order valence-corrected chi connectivity index (χ0v) is 15.8. The van der Waals surface area contributed by atoms with Gasteiger partial charge in [-0.2, -0.15) is 0 Å². The predicted octanol–water partition coefficient (Wildman–Crippen LogP) is 5.62.